The highest BCUT2D eigenvalue weighted by molar-refractivity contribution is 6.05. The second kappa shape index (κ2) is 9.43. The first-order chi connectivity index (χ1) is 15.9. The van der Waals surface area contributed by atoms with E-state index >= 15 is 0 Å². The fourth-order valence-electron chi connectivity index (χ4n) is 4.39. The van der Waals surface area contributed by atoms with Gasteiger partial charge < -0.3 is 14.0 Å². The molecular weight excluding hydrogens is 432 g/mol. The van der Waals surface area contributed by atoms with Crippen LogP contribution in [-0.2, 0) is 20.8 Å². The van der Waals surface area contributed by atoms with Gasteiger partial charge in [-0.2, -0.15) is 0 Å². The van der Waals surface area contributed by atoms with Crippen LogP contribution >= 0.6 is 0 Å². The van der Waals surface area contributed by atoms with E-state index in [1.165, 1.54) is 7.11 Å². The predicted molar refractivity (Wildman–Crippen MR) is 134 cm³/mol. The van der Waals surface area contributed by atoms with Gasteiger partial charge in [0, 0.05) is 28.8 Å². The number of nitrogens with zero attached hydrogens (tertiary/aromatic N) is 2. The highest BCUT2D eigenvalue weighted by Gasteiger charge is 2.37. The summed E-state index contributed by atoms with van der Waals surface area (Å²) < 4.78 is 13.2. The second-order valence-corrected chi connectivity index (χ2v) is 9.47. The molecule has 1 atom stereocenters. The third kappa shape index (κ3) is 4.61. The van der Waals surface area contributed by atoms with Gasteiger partial charge in [-0.1, -0.05) is 35.9 Å². The summed E-state index contributed by atoms with van der Waals surface area (Å²) in [5, 5.41) is 13.1. The number of nitro benzene ring substituents is 1. The first-order valence-electron chi connectivity index (χ1n) is 11.2. The molecule has 0 saturated heterocycles. The van der Waals surface area contributed by atoms with Crippen molar-refractivity contribution in [3.8, 4) is 11.1 Å². The molecule has 0 fully saturated rings. The standard InChI is InChI=1S/C27H32N2O5/c1-9-14-28-17(3)15-20-22(19-12-10-16(2)11-13-19)21(18(4)23(24(20)28)29(31)32)25(26(30)33-8)34-27(5,6)7/h9-13,15,25H,1,14H2,2-8H3/t25-/m0/s1. The van der Waals surface area contributed by atoms with Crippen LogP contribution < -0.4 is 0 Å². The van der Waals surface area contributed by atoms with Gasteiger partial charge >= 0.3 is 5.97 Å². The van der Waals surface area contributed by atoms with Crippen molar-refractivity contribution in [2.75, 3.05) is 7.11 Å². The number of hydrogen-bond acceptors (Lipinski definition) is 5. The summed E-state index contributed by atoms with van der Waals surface area (Å²) in [6.45, 7) is 15.3. The maximum Gasteiger partial charge on any atom is 0.339 e. The van der Waals surface area contributed by atoms with Crippen molar-refractivity contribution in [3.05, 3.63) is 75.5 Å². The van der Waals surface area contributed by atoms with Gasteiger partial charge in [0.15, 0.2) is 6.10 Å². The molecule has 3 aromatic rings. The number of aryl methyl sites for hydroxylation is 2. The SMILES string of the molecule is C=CCn1c(C)cc2c(-c3ccc(C)cc3)c([C@H](OC(C)(C)C)C(=O)OC)c(C)c([N+](=O)[O-])c21. The number of benzene rings is 2. The molecule has 0 N–H and O–H groups in total. The molecule has 0 aliphatic carbocycles. The van der Waals surface area contributed by atoms with Gasteiger partial charge in [0.2, 0.25) is 0 Å². The number of nitro groups is 1. The Labute approximate surface area is 200 Å². The normalized spacial score (nSPS) is 12.6. The summed E-state index contributed by atoms with van der Waals surface area (Å²) in [6, 6.07) is 9.81. The van der Waals surface area contributed by atoms with Gasteiger partial charge in [0.05, 0.1) is 17.6 Å². The number of rotatable bonds is 7. The van der Waals surface area contributed by atoms with Gasteiger partial charge in [-0.3, -0.25) is 10.1 Å². The fraction of sp³-hybridized carbons (Fsp3) is 0.370. The van der Waals surface area contributed by atoms with E-state index in [4.69, 9.17) is 9.47 Å². The van der Waals surface area contributed by atoms with Gasteiger partial charge in [-0.15, -0.1) is 6.58 Å². The van der Waals surface area contributed by atoms with Crippen molar-refractivity contribution in [3.63, 3.8) is 0 Å². The van der Waals surface area contributed by atoms with Crippen molar-refractivity contribution in [2.45, 2.75) is 59.8 Å². The molecule has 0 spiro atoms. The Morgan fingerprint density at radius 3 is 2.32 bits per heavy atom. The predicted octanol–water partition coefficient (Wildman–Crippen LogP) is 6.36. The smallest absolute Gasteiger partial charge is 0.339 e. The largest absolute Gasteiger partial charge is 0.467 e. The van der Waals surface area contributed by atoms with Crippen LogP contribution in [0.5, 0.6) is 0 Å². The van der Waals surface area contributed by atoms with Crippen LogP contribution in [-0.4, -0.2) is 28.2 Å². The molecule has 0 radical (unpaired) electrons. The monoisotopic (exact) mass is 464 g/mol. The van der Waals surface area contributed by atoms with Crippen molar-refractivity contribution < 1.29 is 19.2 Å². The van der Waals surface area contributed by atoms with Crippen LogP contribution in [0.2, 0.25) is 0 Å². The Morgan fingerprint density at radius 1 is 1.21 bits per heavy atom. The molecule has 7 heteroatoms. The minimum Gasteiger partial charge on any atom is -0.467 e. The molecule has 2 aromatic carbocycles. The molecule has 0 bridgehead atoms. The second-order valence-electron chi connectivity index (χ2n) is 9.47. The number of ether oxygens (including phenoxy) is 2. The molecule has 3 rings (SSSR count). The van der Waals surface area contributed by atoms with E-state index in [2.05, 4.69) is 6.58 Å². The lowest BCUT2D eigenvalue weighted by Gasteiger charge is -2.29. The number of hydrogen-bond donors (Lipinski definition) is 0. The van der Waals surface area contributed by atoms with Gasteiger partial charge in [0.1, 0.15) is 5.52 Å². The van der Waals surface area contributed by atoms with Crippen LogP contribution in [0.15, 0.2) is 43.0 Å². The first kappa shape index (κ1) is 25.2. The fourth-order valence-corrected chi connectivity index (χ4v) is 4.39. The molecule has 0 aliphatic heterocycles. The van der Waals surface area contributed by atoms with Crippen molar-refractivity contribution in [1.29, 1.82) is 0 Å². The first-order valence-corrected chi connectivity index (χ1v) is 11.2. The summed E-state index contributed by atoms with van der Waals surface area (Å²) in [7, 11) is 1.29. The quantitative estimate of drug-likeness (QED) is 0.176. The van der Waals surface area contributed by atoms with E-state index in [1.54, 1.807) is 13.0 Å². The Kier molecular flexibility index (Phi) is 6.98. The molecule has 1 heterocycles. The number of esters is 1. The topological polar surface area (TPSA) is 83.6 Å². The highest BCUT2D eigenvalue weighted by atomic mass is 16.6. The average Bonchev–Trinajstić information content (AvgIpc) is 3.06. The van der Waals surface area contributed by atoms with Crippen LogP contribution in [0.3, 0.4) is 0 Å². The summed E-state index contributed by atoms with van der Waals surface area (Å²) >= 11 is 0. The van der Waals surface area contributed by atoms with Crippen LogP contribution in [0.25, 0.3) is 22.0 Å². The van der Waals surface area contributed by atoms with Crippen LogP contribution in [0, 0.1) is 30.9 Å². The molecule has 0 aliphatic rings. The van der Waals surface area contributed by atoms with Crippen molar-refractivity contribution in [1.82, 2.24) is 4.57 Å². The van der Waals surface area contributed by atoms with E-state index < -0.39 is 17.7 Å². The zero-order chi connectivity index (χ0) is 25.4. The van der Waals surface area contributed by atoms with E-state index in [-0.39, 0.29) is 10.6 Å². The third-order valence-electron chi connectivity index (χ3n) is 5.81. The van der Waals surface area contributed by atoms with Crippen molar-refractivity contribution >= 4 is 22.6 Å². The number of carbonyl (C=O) groups excluding carboxylic acids is 1. The third-order valence-corrected chi connectivity index (χ3v) is 5.81. The minimum atomic E-state index is -1.15. The molecular formula is C27H32N2O5. The molecule has 0 saturated carbocycles. The summed E-state index contributed by atoms with van der Waals surface area (Å²) in [5.41, 5.74) is 4.06. The van der Waals surface area contributed by atoms with Crippen LogP contribution in [0.1, 0.15) is 49.3 Å². The molecule has 34 heavy (non-hydrogen) atoms. The maximum atomic E-state index is 13.0. The van der Waals surface area contributed by atoms with E-state index in [1.807, 2.05) is 69.5 Å². The highest BCUT2D eigenvalue weighted by Crippen LogP contribution is 2.46. The lowest BCUT2D eigenvalue weighted by molar-refractivity contribution is -0.383. The van der Waals surface area contributed by atoms with Crippen molar-refractivity contribution in [2.24, 2.45) is 0 Å². The lowest BCUT2D eigenvalue weighted by Crippen LogP contribution is -2.29. The molecule has 180 valence electrons. The summed E-state index contributed by atoms with van der Waals surface area (Å²) in [6.07, 6.45) is 0.567. The Morgan fingerprint density at radius 2 is 1.82 bits per heavy atom. The van der Waals surface area contributed by atoms with Gasteiger partial charge in [0.25, 0.3) is 5.69 Å². The minimum absolute atomic E-state index is 0.0535. The number of aromatic nitrogens is 1. The average molecular weight is 465 g/mol. The Hall–Kier alpha value is -3.45. The summed E-state index contributed by atoms with van der Waals surface area (Å²) in [5.74, 6) is -0.609. The molecule has 7 nitrogen and oxygen atoms in total. The Balaban J connectivity index is 2.59. The molecule has 0 amide bonds. The zero-order valence-electron chi connectivity index (χ0n) is 20.9. The number of fused-ring (bicyclic) bond motifs is 1. The van der Waals surface area contributed by atoms with Gasteiger partial charge in [-0.05, 0) is 58.7 Å². The lowest BCUT2D eigenvalue weighted by atomic mass is 9.87. The Bertz CT molecular complexity index is 1260. The zero-order valence-corrected chi connectivity index (χ0v) is 20.9. The van der Waals surface area contributed by atoms with E-state index in [9.17, 15) is 14.9 Å². The number of carbonyl (C=O) groups is 1. The number of allylic oxidation sites excluding steroid dienone is 1. The van der Waals surface area contributed by atoms with Gasteiger partial charge in [-0.25, -0.2) is 4.79 Å². The van der Waals surface area contributed by atoms with E-state index in [0.717, 1.165) is 22.4 Å². The van der Waals surface area contributed by atoms with E-state index in [0.29, 0.717) is 28.6 Å². The number of methoxy groups -OCH3 is 1. The maximum absolute atomic E-state index is 13.0. The summed E-state index contributed by atoms with van der Waals surface area (Å²) in [4.78, 5) is 25.1. The van der Waals surface area contributed by atoms with Crippen LogP contribution in [0.4, 0.5) is 5.69 Å². The molecule has 0 unspecified atom stereocenters. The molecule has 1 aromatic heterocycles.